The van der Waals surface area contributed by atoms with Crippen LogP contribution in [-0.4, -0.2) is 30.8 Å². The molecule has 0 aliphatic carbocycles. The van der Waals surface area contributed by atoms with E-state index in [0.717, 1.165) is 25.7 Å². The third-order valence-corrected chi connectivity index (χ3v) is 6.72. The van der Waals surface area contributed by atoms with Gasteiger partial charge in [-0.25, -0.2) is 8.42 Å². The van der Waals surface area contributed by atoms with Gasteiger partial charge >= 0.3 is 0 Å². The molecule has 2 bridgehead atoms. The minimum Gasteiger partial charge on any atom is -0.328 e. The summed E-state index contributed by atoms with van der Waals surface area (Å²) in [5.41, 5.74) is 7.07. The first-order chi connectivity index (χ1) is 9.93. The number of rotatable bonds is 2. The van der Waals surface area contributed by atoms with Crippen molar-refractivity contribution in [3.05, 3.63) is 29.3 Å². The standard InChI is InChI=1S/C15H19N3O2S/c1-10-2-3-11(9-16)6-15(10)21(19,20)18-13-4-5-14(18)8-12(17)7-13/h2-3,6,12-14H,4-5,7-8,17H2,1H3. The van der Waals surface area contributed by atoms with Gasteiger partial charge in [0.2, 0.25) is 10.0 Å². The number of nitriles is 1. The Bertz CT molecular complexity index is 694. The Morgan fingerprint density at radius 1 is 1.29 bits per heavy atom. The number of hydrogen-bond donors (Lipinski definition) is 1. The van der Waals surface area contributed by atoms with E-state index in [4.69, 9.17) is 11.0 Å². The summed E-state index contributed by atoms with van der Waals surface area (Å²) < 4.78 is 27.7. The van der Waals surface area contributed by atoms with Crippen LogP contribution in [0.5, 0.6) is 0 Å². The topological polar surface area (TPSA) is 87.2 Å². The van der Waals surface area contributed by atoms with Gasteiger partial charge in [-0.15, -0.1) is 0 Å². The molecule has 0 spiro atoms. The minimum absolute atomic E-state index is 0.00823. The van der Waals surface area contributed by atoms with E-state index in [1.165, 1.54) is 6.07 Å². The van der Waals surface area contributed by atoms with Crippen LogP contribution in [0.3, 0.4) is 0 Å². The molecular weight excluding hydrogens is 286 g/mol. The van der Waals surface area contributed by atoms with E-state index in [1.54, 1.807) is 23.4 Å². The Morgan fingerprint density at radius 3 is 2.48 bits per heavy atom. The van der Waals surface area contributed by atoms with Crippen molar-refractivity contribution in [1.29, 1.82) is 5.26 Å². The second-order valence-corrected chi connectivity index (χ2v) is 7.86. The van der Waals surface area contributed by atoms with Gasteiger partial charge in [0.05, 0.1) is 16.5 Å². The number of nitrogens with zero attached hydrogens (tertiary/aromatic N) is 2. The molecule has 2 atom stereocenters. The van der Waals surface area contributed by atoms with E-state index in [1.807, 2.05) is 6.07 Å². The average molecular weight is 305 g/mol. The Kier molecular flexibility index (Phi) is 3.52. The van der Waals surface area contributed by atoms with Gasteiger partial charge in [-0.2, -0.15) is 9.57 Å². The molecule has 1 aromatic rings. The first kappa shape index (κ1) is 14.5. The normalized spacial score (nSPS) is 29.3. The number of fused-ring (bicyclic) bond motifs is 2. The van der Waals surface area contributed by atoms with Gasteiger partial charge in [0.15, 0.2) is 0 Å². The van der Waals surface area contributed by atoms with Crippen LogP contribution in [0.15, 0.2) is 23.1 Å². The van der Waals surface area contributed by atoms with Gasteiger partial charge in [0.1, 0.15) is 0 Å². The second kappa shape index (κ2) is 5.09. The highest BCUT2D eigenvalue weighted by Gasteiger charge is 2.46. The maximum Gasteiger partial charge on any atom is 0.243 e. The zero-order valence-electron chi connectivity index (χ0n) is 12.0. The fourth-order valence-corrected chi connectivity index (χ4v) is 5.78. The number of nitrogens with two attached hydrogens (primary N) is 1. The van der Waals surface area contributed by atoms with Gasteiger partial charge in [-0.3, -0.25) is 0 Å². The summed E-state index contributed by atoms with van der Waals surface area (Å²) in [5, 5.41) is 9.01. The molecule has 1 aromatic carbocycles. The maximum absolute atomic E-state index is 13.0. The van der Waals surface area contributed by atoms with Crippen LogP contribution >= 0.6 is 0 Å². The van der Waals surface area contributed by atoms with Crippen molar-refractivity contribution >= 4 is 10.0 Å². The van der Waals surface area contributed by atoms with Crippen molar-refractivity contribution in [2.45, 2.75) is 55.6 Å². The van der Waals surface area contributed by atoms with Crippen molar-refractivity contribution in [3.8, 4) is 6.07 Å². The molecule has 2 fully saturated rings. The van der Waals surface area contributed by atoms with Crippen molar-refractivity contribution in [1.82, 2.24) is 4.31 Å². The fourth-order valence-electron chi connectivity index (χ4n) is 3.63. The first-order valence-corrected chi connectivity index (χ1v) is 8.67. The Morgan fingerprint density at radius 2 is 1.90 bits per heavy atom. The Labute approximate surface area is 125 Å². The summed E-state index contributed by atoms with van der Waals surface area (Å²) in [6.45, 7) is 1.77. The number of hydrogen-bond acceptors (Lipinski definition) is 4. The van der Waals surface area contributed by atoms with Crippen LogP contribution < -0.4 is 5.73 Å². The maximum atomic E-state index is 13.0. The Hall–Kier alpha value is -1.42. The minimum atomic E-state index is -3.56. The molecule has 3 rings (SSSR count). The molecule has 2 saturated heterocycles. The summed E-state index contributed by atoms with van der Waals surface area (Å²) in [6.07, 6.45) is 3.22. The van der Waals surface area contributed by atoms with Gasteiger partial charge in [-0.05, 0) is 50.3 Å². The van der Waals surface area contributed by atoms with Crippen LogP contribution in [0.25, 0.3) is 0 Å². The van der Waals surface area contributed by atoms with Crippen LogP contribution in [0.1, 0.15) is 36.8 Å². The van der Waals surface area contributed by atoms with Crippen molar-refractivity contribution < 1.29 is 8.42 Å². The molecular formula is C15H19N3O2S. The lowest BCUT2D eigenvalue weighted by atomic mass is 10.0. The molecule has 2 aliphatic rings. The van der Waals surface area contributed by atoms with Gasteiger partial charge in [0, 0.05) is 18.1 Å². The molecule has 21 heavy (non-hydrogen) atoms. The third kappa shape index (κ3) is 2.35. The first-order valence-electron chi connectivity index (χ1n) is 7.23. The zero-order valence-corrected chi connectivity index (χ0v) is 12.8. The van der Waals surface area contributed by atoms with Crippen LogP contribution in [0.4, 0.5) is 0 Å². The zero-order chi connectivity index (χ0) is 15.2. The predicted octanol–water partition coefficient (Wildman–Crippen LogP) is 1.51. The highest BCUT2D eigenvalue weighted by Crippen LogP contribution is 2.39. The molecule has 2 aliphatic heterocycles. The van der Waals surface area contributed by atoms with Gasteiger partial charge in [0.25, 0.3) is 0 Å². The lowest BCUT2D eigenvalue weighted by Crippen LogP contribution is -2.50. The molecule has 2 unspecified atom stereocenters. The number of aryl methyl sites for hydroxylation is 1. The van der Waals surface area contributed by atoms with Crippen LogP contribution in [-0.2, 0) is 10.0 Å². The molecule has 0 radical (unpaired) electrons. The van der Waals surface area contributed by atoms with E-state index in [2.05, 4.69) is 0 Å². The van der Waals surface area contributed by atoms with E-state index >= 15 is 0 Å². The number of piperidine rings is 1. The van der Waals surface area contributed by atoms with Crippen molar-refractivity contribution in [3.63, 3.8) is 0 Å². The predicted molar refractivity (Wildman–Crippen MR) is 78.9 cm³/mol. The lowest BCUT2D eigenvalue weighted by molar-refractivity contribution is 0.227. The van der Waals surface area contributed by atoms with Gasteiger partial charge in [-0.1, -0.05) is 6.07 Å². The van der Waals surface area contributed by atoms with Crippen LogP contribution in [0.2, 0.25) is 0 Å². The monoisotopic (exact) mass is 305 g/mol. The SMILES string of the molecule is Cc1ccc(C#N)cc1S(=O)(=O)N1C2CCC1CC(N)C2. The summed E-state index contributed by atoms with van der Waals surface area (Å²) in [7, 11) is -3.56. The quantitative estimate of drug-likeness (QED) is 0.897. The summed E-state index contributed by atoms with van der Waals surface area (Å²) in [6, 6.07) is 6.96. The molecule has 2 heterocycles. The smallest absolute Gasteiger partial charge is 0.243 e. The molecule has 0 amide bonds. The molecule has 112 valence electrons. The molecule has 2 N–H and O–H groups in total. The van der Waals surface area contributed by atoms with Gasteiger partial charge < -0.3 is 5.73 Å². The summed E-state index contributed by atoms with van der Waals surface area (Å²) >= 11 is 0. The van der Waals surface area contributed by atoms with E-state index < -0.39 is 10.0 Å². The second-order valence-electron chi connectivity index (χ2n) is 6.04. The van der Waals surface area contributed by atoms with Crippen molar-refractivity contribution in [2.24, 2.45) is 5.73 Å². The molecule has 6 heteroatoms. The van der Waals surface area contributed by atoms with Crippen molar-refractivity contribution in [2.75, 3.05) is 0 Å². The third-order valence-electron chi connectivity index (χ3n) is 4.58. The summed E-state index contributed by atoms with van der Waals surface area (Å²) in [4.78, 5) is 0.258. The molecule has 5 nitrogen and oxygen atoms in total. The number of sulfonamides is 1. The summed E-state index contributed by atoms with van der Waals surface area (Å²) in [5.74, 6) is 0. The Balaban J connectivity index is 2.04. The molecule has 0 aromatic heterocycles. The van der Waals surface area contributed by atoms with Crippen LogP contribution in [0, 0.1) is 18.3 Å². The highest BCUT2D eigenvalue weighted by atomic mass is 32.2. The van der Waals surface area contributed by atoms with E-state index in [9.17, 15) is 8.42 Å². The lowest BCUT2D eigenvalue weighted by Gasteiger charge is -2.36. The highest BCUT2D eigenvalue weighted by molar-refractivity contribution is 7.89. The largest absolute Gasteiger partial charge is 0.328 e. The fraction of sp³-hybridized carbons (Fsp3) is 0.533. The van der Waals surface area contributed by atoms with E-state index in [-0.39, 0.29) is 23.0 Å². The van der Waals surface area contributed by atoms with E-state index in [0.29, 0.717) is 11.1 Å². The molecule has 0 saturated carbocycles. The number of benzene rings is 1. The average Bonchev–Trinajstić information content (AvgIpc) is 2.73.